The fourth-order valence-corrected chi connectivity index (χ4v) is 2.89. The summed E-state index contributed by atoms with van der Waals surface area (Å²) in [7, 11) is 0. The van der Waals surface area contributed by atoms with E-state index < -0.39 is 11.9 Å². The van der Waals surface area contributed by atoms with Crippen molar-refractivity contribution in [1.82, 2.24) is 0 Å². The van der Waals surface area contributed by atoms with Gasteiger partial charge in [0.2, 0.25) is 0 Å². The number of esters is 4. The van der Waals surface area contributed by atoms with E-state index in [-0.39, 0.29) is 56.8 Å². The average Bonchev–Trinajstić information content (AvgIpc) is 2.77. The van der Waals surface area contributed by atoms with Crippen molar-refractivity contribution >= 4 is 23.9 Å². The Balaban J connectivity index is 2.13. The predicted octanol–water partition coefficient (Wildman–Crippen LogP) is 3.20. The van der Waals surface area contributed by atoms with Gasteiger partial charge in [0.05, 0.1) is 25.9 Å². The summed E-state index contributed by atoms with van der Waals surface area (Å²) >= 11 is 0. The number of ether oxygens (including phenoxy) is 5. The lowest BCUT2D eigenvalue weighted by atomic mass is 10.1. The molecule has 0 aromatic carbocycles. The van der Waals surface area contributed by atoms with Gasteiger partial charge >= 0.3 is 23.9 Å². The second-order valence-electron chi connectivity index (χ2n) is 8.06. The third-order valence-electron chi connectivity index (χ3n) is 4.76. The zero-order valence-corrected chi connectivity index (χ0v) is 19.7. The number of hydrogen-bond acceptors (Lipinski definition) is 9. The molecular formula is C24H36O9. The number of unbranched alkanes of at least 4 members (excludes halogenated alkanes) is 2. The van der Waals surface area contributed by atoms with Gasteiger partial charge in [0.1, 0.15) is 12.7 Å². The Labute approximate surface area is 195 Å². The third-order valence-corrected chi connectivity index (χ3v) is 4.76. The van der Waals surface area contributed by atoms with Crippen LogP contribution in [0.2, 0.25) is 0 Å². The Hall–Kier alpha value is -2.68. The van der Waals surface area contributed by atoms with Crippen molar-refractivity contribution in [2.24, 2.45) is 0 Å². The molecule has 1 aliphatic heterocycles. The van der Waals surface area contributed by atoms with Crippen LogP contribution >= 0.6 is 0 Å². The van der Waals surface area contributed by atoms with Crippen LogP contribution in [0.5, 0.6) is 0 Å². The van der Waals surface area contributed by atoms with E-state index in [2.05, 4.69) is 13.2 Å². The van der Waals surface area contributed by atoms with Gasteiger partial charge in [-0.25, -0.2) is 9.59 Å². The van der Waals surface area contributed by atoms with E-state index in [1.807, 2.05) is 0 Å². The second-order valence-corrected chi connectivity index (χ2v) is 8.06. The van der Waals surface area contributed by atoms with Crippen LogP contribution < -0.4 is 0 Å². The molecular weight excluding hydrogens is 432 g/mol. The molecule has 0 radical (unpaired) electrons. The molecule has 1 rings (SSSR count). The summed E-state index contributed by atoms with van der Waals surface area (Å²) in [6.07, 6.45) is 3.14. The van der Waals surface area contributed by atoms with Crippen molar-refractivity contribution in [3.8, 4) is 0 Å². The summed E-state index contributed by atoms with van der Waals surface area (Å²) in [6.45, 7) is 11.1. The fraction of sp³-hybridized carbons (Fsp3) is 0.667. The quantitative estimate of drug-likeness (QED) is 0.155. The van der Waals surface area contributed by atoms with Gasteiger partial charge < -0.3 is 23.7 Å². The standard InChI is InChI=1S/C24H36O9/c1-17(2)23(27)30-12-7-5-9-21(25)32-16-20-15-19(11-14-29-20)33-22(26)10-6-8-13-31-24(28)18(3)4/h19-20H,1,3,5-16H2,2,4H3/t19-,20?/m1/s1. The SMILES string of the molecule is C=C(C)C(=O)OCCCCC(=O)OCC1C[C@H](OC(=O)CCCCOC(=O)C(=C)C)CCO1. The maximum absolute atomic E-state index is 12.0. The molecule has 0 N–H and O–H groups in total. The number of rotatable bonds is 15. The Morgan fingerprint density at radius 3 is 1.91 bits per heavy atom. The fourth-order valence-electron chi connectivity index (χ4n) is 2.89. The Morgan fingerprint density at radius 1 is 0.818 bits per heavy atom. The molecule has 0 saturated carbocycles. The normalized spacial score (nSPS) is 17.5. The molecule has 1 saturated heterocycles. The molecule has 0 bridgehead atoms. The minimum Gasteiger partial charge on any atom is -0.463 e. The molecule has 1 aliphatic rings. The molecule has 186 valence electrons. The van der Waals surface area contributed by atoms with E-state index in [4.69, 9.17) is 23.7 Å². The summed E-state index contributed by atoms with van der Waals surface area (Å²) in [5.74, 6) is -1.53. The lowest BCUT2D eigenvalue weighted by Gasteiger charge is -2.29. The van der Waals surface area contributed by atoms with Crippen LogP contribution in [-0.2, 0) is 42.9 Å². The van der Waals surface area contributed by atoms with Crippen molar-refractivity contribution in [2.45, 2.75) is 77.4 Å². The van der Waals surface area contributed by atoms with E-state index in [1.54, 1.807) is 13.8 Å². The van der Waals surface area contributed by atoms with Crippen LogP contribution in [0.3, 0.4) is 0 Å². The first-order valence-corrected chi connectivity index (χ1v) is 11.3. The summed E-state index contributed by atoms with van der Waals surface area (Å²) < 4.78 is 26.3. The first-order valence-electron chi connectivity index (χ1n) is 11.3. The van der Waals surface area contributed by atoms with Crippen LogP contribution in [0.1, 0.15) is 65.2 Å². The van der Waals surface area contributed by atoms with Gasteiger partial charge in [-0.2, -0.15) is 0 Å². The van der Waals surface area contributed by atoms with Crippen molar-refractivity contribution in [2.75, 3.05) is 26.4 Å². The predicted molar refractivity (Wildman–Crippen MR) is 119 cm³/mol. The summed E-state index contributed by atoms with van der Waals surface area (Å²) in [5.41, 5.74) is 0.684. The number of hydrogen-bond donors (Lipinski definition) is 0. The smallest absolute Gasteiger partial charge is 0.333 e. The van der Waals surface area contributed by atoms with Gasteiger partial charge in [-0.15, -0.1) is 0 Å². The van der Waals surface area contributed by atoms with Crippen molar-refractivity contribution in [3.05, 3.63) is 24.3 Å². The number of carbonyl (C=O) groups is 4. The zero-order chi connectivity index (χ0) is 24.6. The van der Waals surface area contributed by atoms with Crippen LogP contribution in [-0.4, -0.2) is 62.5 Å². The first-order chi connectivity index (χ1) is 15.7. The third kappa shape index (κ3) is 13.5. The van der Waals surface area contributed by atoms with Gasteiger partial charge in [0.25, 0.3) is 0 Å². The highest BCUT2D eigenvalue weighted by Crippen LogP contribution is 2.18. The molecule has 0 aromatic rings. The highest BCUT2D eigenvalue weighted by molar-refractivity contribution is 5.87. The largest absolute Gasteiger partial charge is 0.463 e. The van der Waals surface area contributed by atoms with Crippen LogP contribution in [0.25, 0.3) is 0 Å². The average molecular weight is 469 g/mol. The summed E-state index contributed by atoms with van der Waals surface area (Å²) in [4.78, 5) is 46.4. The second kappa shape index (κ2) is 16.0. The lowest BCUT2D eigenvalue weighted by molar-refractivity contribution is -0.163. The van der Waals surface area contributed by atoms with E-state index in [0.717, 1.165) is 0 Å². The first kappa shape index (κ1) is 28.4. The van der Waals surface area contributed by atoms with Gasteiger partial charge in [-0.3, -0.25) is 9.59 Å². The van der Waals surface area contributed by atoms with Gasteiger partial charge in [0, 0.05) is 36.8 Å². The van der Waals surface area contributed by atoms with Crippen molar-refractivity contribution in [3.63, 3.8) is 0 Å². The lowest BCUT2D eigenvalue weighted by Crippen LogP contribution is -2.35. The Kier molecular flexibility index (Phi) is 13.8. The molecule has 9 nitrogen and oxygen atoms in total. The van der Waals surface area contributed by atoms with Gasteiger partial charge in [-0.05, 0) is 39.5 Å². The Bertz CT molecular complexity index is 698. The summed E-state index contributed by atoms with van der Waals surface area (Å²) in [5, 5.41) is 0. The molecule has 1 fully saturated rings. The molecule has 1 unspecified atom stereocenters. The highest BCUT2D eigenvalue weighted by atomic mass is 16.6. The van der Waals surface area contributed by atoms with Crippen LogP contribution in [0.4, 0.5) is 0 Å². The summed E-state index contributed by atoms with van der Waals surface area (Å²) in [6, 6.07) is 0. The zero-order valence-electron chi connectivity index (χ0n) is 19.7. The maximum Gasteiger partial charge on any atom is 0.333 e. The minimum atomic E-state index is -0.439. The van der Waals surface area contributed by atoms with E-state index in [9.17, 15) is 19.2 Å². The van der Waals surface area contributed by atoms with Crippen LogP contribution in [0, 0.1) is 0 Å². The van der Waals surface area contributed by atoms with Crippen molar-refractivity contribution < 1.29 is 42.9 Å². The molecule has 2 atom stereocenters. The van der Waals surface area contributed by atoms with E-state index in [0.29, 0.717) is 56.3 Å². The maximum atomic E-state index is 12.0. The number of carbonyl (C=O) groups excluding carboxylic acids is 4. The monoisotopic (exact) mass is 468 g/mol. The molecule has 0 aromatic heterocycles. The van der Waals surface area contributed by atoms with Crippen LogP contribution in [0.15, 0.2) is 24.3 Å². The minimum absolute atomic E-state index is 0.103. The highest BCUT2D eigenvalue weighted by Gasteiger charge is 2.26. The van der Waals surface area contributed by atoms with Gasteiger partial charge in [0.15, 0.2) is 0 Å². The van der Waals surface area contributed by atoms with E-state index in [1.165, 1.54) is 0 Å². The topological polar surface area (TPSA) is 114 Å². The molecule has 33 heavy (non-hydrogen) atoms. The molecule has 9 heteroatoms. The Morgan fingerprint density at radius 2 is 1.36 bits per heavy atom. The molecule has 0 amide bonds. The molecule has 0 spiro atoms. The van der Waals surface area contributed by atoms with E-state index >= 15 is 0 Å². The molecule has 0 aliphatic carbocycles. The van der Waals surface area contributed by atoms with Gasteiger partial charge in [-0.1, -0.05) is 13.2 Å². The molecule has 1 heterocycles. The van der Waals surface area contributed by atoms with Crippen molar-refractivity contribution in [1.29, 1.82) is 0 Å².